The molecule has 0 aromatic heterocycles. The monoisotopic (exact) mass is 272 g/mol. The van der Waals surface area contributed by atoms with Crippen LogP contribution in [-0.4, -0.2) is 23.4 Å². The second-order valence-electron chi connectivity index (χ2n) is 6.10. The predicted octanol–water partition coefficient (Wildman–Crippen LogP) is 2.02. The van der Waals surface area contributed by atoms with Crippen LogP contribution in [0, 0.1) is 12.8 Å². The molecule has 1 N–H and O–H groups in total. The van der Waals surface area contributed by atoms with Crippen LogP contribution in [0.15, 0.2) is 24.3 Å². The van der Waals surface area contributed by atoms with Crippen LogP contribution in [0.4, 0.5) is 5.69 Å². The Morgan fingerprint density at radius 2 is 1.90 bits per heavy atom. The Balaban J connectivity index is 2.05. The highest BCUT2D eigenvalue weighted by Gasteiger charge is 2.54. The van der Waals surface area contributed by atoms with Gasteiger partial charge in [0.15, 0.2) is 0 Å². The van der Waals surface area contributed by atoms with Gasteiger partial charge in [-0.3, -0.25) is 14.5 Å². The van der Waals surface area contributed by atoms with E-state index in [4.69, 9.17) is 0 Å². The minimum Gasteiger partial charge on any atom is -0.340 e. The molecule has 2 aliphatic rings. The van der Waals surface area contributed by atoms with Crippen molar-refractivity contribution >= 4 is 17.5 Å². The van der Waals surface area contributed by atoms with Gasteiger partial charge in [-0.2, -0.15) is 0 Å². The van der Waals surface area contributed by atoms with Crippen molar-refractivity contribution in [3.8, 4) is 0 Å². The molecule has 2 unspecified atom stereocenters. The molecule has 2 atom stereocenters. The summed E-state index contributed by atoms with van der Waals surface area (Å²) in [6, 6.07) is 7.27. The van der Waals surface area contributed by atoms with Crippen LogP contribution in [0.3, 0.4) is 0 Å². The van der Waals surface area contributed by atoms with Gasteiger partial charge in [-0.15, -0.1) is 0 Å². The van der Waals surface area contributed by atoms with Crippen LogP contribution in [0.2, 0.25) is 0 Å². The Hall–Kier alpha value is -1.84. The lowest BCUT2D eigenvalue weighted by Gasteiger charge is -2.44. The number of hydrogen-bond donors (Lipinski definition) is 1. The smallest absolute Gasteiger partial charge is 0.253 e. The van der Waals surface area contributed by atoms with Gasteiger partial charge in [0.25, 0.3) is 5.91 Å². The highest BCUT2D eigenvalue weighted by molar-refractivity contribution is 6.11. The van der Waals surface area contributed by atoms with Crippen LogP contribution in [-0.2, 0) is 9.59 Å². The van der Waals surface area contributed by atoms with Gasteiger partial charge < -0.3 is 5.32 Å². The third-order valence-electron chi connectivity index (χ3n) is 4.58. The minimum atomic E-state index is -0.744. The Kier molecular flexibility index (Phi) is 2.85. The van der Waals surface area contributed by atoms with Crippen LogP contribution in [0.5, 0.6) is 0 Å². The number of benzene rings is 1. The van der Waals surface area contributed by atoms with Crippen molar-refractivity contribution in [2.75, 3.05) is 4.90 Å². The van der Waals surface area contributed by atoms with Gasteiger partial charge >= 0.3 is 0 Å². The van der Waals surface area contributed by atoms with Gasteiger partial charge in [-0.05, 0) is 51.2 Å². The second-order valence-corrected chi connectivity index (χ2v) is 6.10. The maximum Gasteiger partial charge on any atom is 0.253 e. The third-order valence-corrected chi connectivity index (χ3v) is 4.58. The van der Waals surface area contributed by atoms with E-state index in [-0.39, 0.29) is 17.7 Å². The van der Waals surface area contributed by atoms with Crippen molar-refractivity contribution in [1.82, 2.24) is 5.32 Å². The summed E-state index contributed by atoms with van der Waals surface area (Å²) in [5.41, 5.74) is 1.11. The summed E-state index contributed by atoms with van der Waals surface area (Å²) in [6.07, 6.45) is 2.02. The highest BCUT2D eigenvalue weighted by atomic mass is 16.2. The quantitative estimate of drug-likeness (QED) is 0.895. The number of piperazine rings is 1. The largest absolute Gasteiger partial charge is 0.340 e. The van der Waals surface area contributed by atoms with E-state index >= 15 is 0 Å². The van der Waals surface area contributed by atoms with Crippen molar-refractivity contribution in [2.45, 2.75) is 45.2 Å². The molecule has 0 radical (unpaired) electrons. The molecule has 1 heterocycles. The SMILES string of the molecule is Cc1ccccc1N1C(=O)C(C)(C2CC2)NC(=O)C1C. The maximum absolute atomic E-state index is 12.9. The molecule has 1 aliphatic heterocycles. The normalized spacial score (nSPS) is 30.4. The Morgan fingerprint density at radius 1 is 1.25 bits per heavy atom. The molecule has 1 saturated heterocycles. The average molecular weight is 272 g/mol. The van der Waals surface area contributed by atoms with E-state index in [9.17, 15) is 9.59 Å². The topological polar surface area (TPSA) is 49.4 Å². The fourth-order valence-corrected chi connectivity index (χ4v) is 3.05. The van der Waals surface area contributed by atoms with E-state index in [1.165, 1.54) is 0 Å². The molecule has 4 heteroatoms. The van der Waals surface area contributed by atoms with E-state index in [1.807, 2.05) is 38.1 Å². The van der Waals surface area contributed by atoms with Crippen molar-refractivity contribution in [2.24, 2.45) is 5.92 Å². The molecule has 1 saturated carbocycles. The molecule has 106 valence electrons. The number of nitrogens with zero attached hydrogens (tertiary/aromatic N) is 1. The van der Waals surface area contributed by atoms with E-state index in [2.05, 4.69) is 5.32 Å². The molecule has 3 rings (SSSR count). The first-order chi connectivity index (χ1) is 9.45. The molecule has 20 heavy (non-hydrogen) atoms. The fraction of sp³-hybridized carbons (Fsp3) is 0.500. The van der Waals surface area contributed by atoms with Gasteiger partial charge in [0.05, 0.1) is 0 Å². The molecule has 0 spiro atoms. The Bertz CT molecular complexity index is 580. The standard InChI is InChI=1S/C16H20N2O2/c1-10-6-4-5-7-13(10)18-11(2)14(19)17-16(3,15(18)20)12-8-9-12/h4-7,11-12H,8-9H2,1-3H3,(H,17,19). The highest BCUT2D eigenvalue weighted by Crippen LogP contribution is 2.43. The summed E-state index contributed by atoms with van der Waals surface area (Å²) in [6.45, 7) is 5.62. The zero-order valence-electron chi connectivity index (χ0n) is 12.1. The third kappa shape index (κ3) is 1.82. The van der Waals surface area contributed by atoms with Crippen LogP contribution in [0.25, 0.3) is 0 Å². The summed E-state index contributed by atoms with van der Waals surface area (Å²) >= 11 is 0. The first-order valence-electron chi connectivity index (χ1n) is 7.16. The van der Waals surface area contributed by atoms with Crippen LogP contribution < -0.4 is 10.2 Å². The number of aryl methyl sites for hydroxylation is 1. The maximum atomic E-state index is 12.9. The lowest BCUT2D eigenvalue weighted by Crippen LogP contribution is -2.70. The Labute approximate surface area is 119 Å². The zero-order chi connectivity index (χ0) is 14.5. The van der Waals surface area contributed by atoms with Gasteiger partial charge in [0.1, 0.15) is 11.6 Å². The average Bonchev–Trinajstić information content (AvgIpc) is 3.24. The first kappa shape index (κ1) is 13.2. The number of para-hydroxylation sites is 1. The van der Waals surface area contributed by atoms with E-state index in [0.29, 0.717) is 0 Å². The van der Waals surface area contributed by atoms with Gasteiger partial charge in [0.2, 0.25) is 5.91 Å². The zero-order valence-corrected chi connectivity index (χ0v) is 12.1. The van der Waals surface area contributed by atoms with E-state index in [0.717, 1.165) is 24.1 Å². The fourth-order valence-electron chi connectivity index (χ4n) is 3.05. The molecule has 2 amide bonds. The van der Waals surface area contributed by atoms with Gasteiger partial charge in [-0.25, -0.2) is 0 Å². The minimum absolute atomic E-state index is 0.0152. The lowest BCUT2D eigenvalue weighted by molar-refractivity contribution is -0.138. The van der Waals surface area contributed by atoms with Crippen molar-refractivity contribution in [3.05, 3.63) is 29.8 Å². The van der Waals surface area contributed by atoms with Crippen molar-refractivity contribution in [3.63, 3.8) is 0 Å². The Morgan fingerprint density at radius 3 is 2.50 bits per heavy atom. The molecular weight excluding hydrogens is 252 g/mol. The second kappa shape index (κ2) is 4.33. The number of carbonyl (C=O) groups is 2. The number of amides is 2. The van der Waals surface area contributed by atoms with Crippen molar-refractivity contribution < 1.29 is 9.59 Å². The van der Waals surface area contributed by atoms with Crippen LogP contribution >= 0.6 is 0 Å². The molecule has 1 aromatic rings. The number of rotatable bonds is 2. The molecule has 1 aliphatic carbocycles. The molecule has 4 nitrogen and oxygen atoms in total. The van der Waals surface area contributed by atoms with Crippen LogP contribution in [0.1, 0.15) is 32.3 Å². The van der Waals surface area contributed by atoms with Gasteiger partial charge in [0, 0.05) is 5.69 Å². The van der Waals surface area contributed by atoms with Gasteiger partial charge in [-0.1, -0.05) is 18.2 Å². The molecule has 2 fully saturated rings. The van der Waals surface area contributed by atoms with E-state index in [1.54, 1.807) is 11.8 Å². The molecule has 0 bridgehead atoms. The van der Waals surface area contributed by atoms with Crippen molar-refractivity contribution in [1.29, 1.82) is 0 Å². The number of carbonyl (C=O) groups excluding carboxylic acids is 2. The summed E-state index contributed by atoms with van der Waals surface area (Å²) < 4.78 is 0. The first-order valence-corrected chi connectivity index (χ1v) is 7.16. The lowest BCUT2D eigenvalue weighted by atomic mass is 9.89. The molecular formula is C16H20N2O2. The van der Waals surface area contributed by atoms with E-state index < -0.39 is 11.6 Å². The summed E-state index contributed by atoms with van der Waals surface area (Å²) in [5.74, 6) is 0.224. The number of hydrogen-bond acceptors (Lipinski definition) is 2. The summed E-state index contributed by atoms with van der Waals surface area (Å²) in [7, 11) is 0. The predicted molar refractivity (Wildman–Crippen MR) is 77.4 cm³/mol. The number of anilines is 1. The number of nitrogens with one attached hydrogen (secondary N) is 1. The summed E-state index contributed by atoms with van der Waals surface area (Å²) in [5, 5.41) is 2.94. The summed E-state index contributed by atoms with van der Waals surface area (Å²) in [4.78, 5) is 26.9. The molecule has 1 aromatic carbocycles.